The lowest BCUT2D eigenvalue weighted by molar-refractivity contribution is -0.283. The molecule has 2 aliphatic rings. The maximum atomic E-state index is 13.8. The zero-order valence-corrected chi connectivity index (χ0v) is 15.2. The number of rotatable bonds is 7. The highest BCUT2D eigenvalue weighted by Gasteiger charge is 2.34. The lowest BCUT2D eigenvalue weighted by atomic mass is 10.0. The molecule has 8 heteroatoms. The second-order valence-corrected chi connectivity index (χ2v) is 6.87. The van der Waals surface area contributed by atoms with E-state index in [9.17, 15) is 13.2 Å². The molecule has 0 atom stereocenters. The van der Waals surface area contributed by atoms with Gasteiger partial charge in [-0.3, -0.25) is 0 Å². The van der Waals surface area contributed by atoms with Crippen molar-refractivity contribution in [1.29, 1.82) is 0 Å². The highest BCUT2D eigenvalue weighted by Crippen LogP contribution is 2.31. The molecule has 3 rings (SSSR count). The molecule has 5 nitrogen and oxygen atoms in total. The molecule has 0 spiro atoms. The van der Waals surface area contributed by atoms with Crippen molar-refractivity contribution in [1.82, 2.24) is 0 Å². The van der Waals surface area contributed by atoms with Crippen molar-refractivity contribution in [3.8, 4) is 5.75 Å². The van der Waals surface area contributed by atoms with Gasteiger partial charge in [0, 0.05) is 11.5 Å². The minimum Gasteiger partial charge on any atom is -0.432 e. The van der Waals surface area contributed by atoms with E-state index in [0.717, 1.165) is 31.4 Å². The molecule has 2 heterocycles. The maximum absolute atomic E-state index is 13.8. The molecule has 1 aromatic carbocycles. The summed E-state index contributed by atoms with van der Waals surface area (Å²) >= 11 is 0. The highest BCUT2D eigenvalue weighted by atomic mass is 19.3. The Kier molecular flexibility index (Phi) is 7.34. The van der Waals surface area contributed by atoms with Crippen LogP contribution in [0.3, 0.4) is 0 Å². The van der Waals surface area contributed by atoms with Crippen molar-refractivity contribution in [3.63, 3.8) is 0 Å². The Morgan fingerprint density at radius 1 is 1.07 bits per heavy atom. The van der Waals surface area contributed by atoms with Gasteiger partial charge in [-0.1, -0.05) is 25.8 Å². The second kappa shape index (κ2) is 9.73. The van der Waals surface area contributed by atoms with Gasteiger partial charge in [0.05, 0.1) is 32.3 Å². The predicted molar refractivity (Wildman–Crippen MR) is 89.9 cm³/mol. The monoisotopic (exact) mass is 390 g/mol. The Bertz CT molecular complexity index is 585. The van der Waals surface area contributed by atoms with E-state index < -0.39 is 24.5 Å². The Morgan fingerprint density at radius 3 is 2.37 bits per heavy atom. The van der Waals surface area contributed by atoms with Crippen molar-refractivity contribution in [2.45, 2.75) is 45.4 Å². The van der Waals surface area contributed by atoms with Crippen LogP contribution in [-0.2, 0) is 18.9 Å². The van der Waals surface area contributed by atoms with E-state index >= 15 is 0 Å². The van der Waals surface area contributed by atoms with E-state index in [0.29, 0.717) is 37.9 Å². The third-order valence-corrected chi connectivity index (χ3v) is 4.71. The highest BCUT2D eigenvalue weighted by molar-refractivity contribution is 5.30. The average molecular weight is 390 g/mol. The molecule has 0 aliphatic carbocycles. The molecule has 0 bridgehead atoms. The molecule has 0 aromatic heterocycles. The fourth-order valence-electron chi connectivity index (χ4n) is 3.21. The van der Waals surface area contributed by atoms with E-state index in [2.05, 4.69) is 11.7 Å². The number of halogens is 3. The van der Waals surface area contributed by atoms with E-state index in [-0.39, 0.29) is 12.2 Å². The molecule has 2 fully saturated rings. The van der Waals surface area contributed by atoms with Crippen LogP contribution in [0.4, 0.5) is 13.2 Å². The van der Waals surface area contributed by atoms with Gasteiger partial charge < -0.3 is 23.7 Å². The predicted octanol–water partition coefficient (Wildman–Crippen LogP) is 4.27. The van der Waals surface area contributed by atoms with Crippen molar-refractivity contribution in [2.24, 2.45) is 11.8 Å². The van der Waals surface area contributed by atoms with Crippen molar-refractivity contribution >= 4 is 0 Å². The minimum absolute atomic E-state index is 0.0698. The summed E-state index contributed by atoms with van der Waals surface area (Å²) in [6, 6.07) is 3.66. The molecule has 0 amide bonds. The minimum atomic E-state index is -3.08. The summed E-state index contributed by atoms with van der Waals surface area (Å²) in [6.07, 6.45) is 2.28. The van der Waals surface area contributed by atoms with Gasteiger partial charge in [-0.25, -0.2) is 4.39 Å². The number of hydrogen-bond acceptors (Lipinski definition) is 5. The first kappa shape index (κ1) is 20.4. The summed E-state index contributed by atoms with van der Waals surface area (Å²) < 4.78 is 65.3. The Labute approximate surface area is 156 Å². The molecular weight excluding hydrogens is 365 g/mol. The lowest BCUT2D eigenvalue weighted by Gasteiger charge is -2.37. The lowest BCUT2D eigenvalue weighted by Crippen LogP contribution is -2.43. The molecule has 0 unspecified atom stereocenters. The Hall–Kier alpha value is -1.35. The summed E-state index contributed by atoms with van der Waals surface area (Å²) in [5, 5.41) is 0. The Morgan fingerprint density at radius 2 is 1.78 bits per heavy atom. The van der Waals surface area contributed by atoms with Crippen LogP contribution in [0.1, 0.15) is 38.0 Å². The molecule has 0 N–H and O–H groups in total. The normalized spacial score (nSPS) is 29.1. The van der Waals surface area contributed by atoms with E-state index in [1.165, 1.54) is 6.07 Å². The zero-order chi connectivity index (χ0) is 19.2. The van der Waals surface area contributed by atoms with Crippen molar-refractivity contribution < 1.29 is 36.9 Å². The first-order valence-electron chi connectivity index (χ1n) is 9.27. The summed E-state index contributed by atoms with van der Waals surface area (Å²) in [5.41, 5.74) is 0.401. The van der Waals surface area contributed by atoms with E-state index in [1.807, 2.05) is 0 Å². The summed E-state index contributed by atoms with van der Waals surface area (Å²) in [6.45, 7) is 1.09. The zero-order valence-electron chi connectivity index (χ0n) is 15.2. The number of hydrogen-bond donors (Lipinski definition) is 0. The van der Waals surface area contributed by atoms with Gasteiger partial charge in [-0.2, -0.15) is 8.78 Å². The molecule has 2 saturated heterocycles. The van der Waals surface area contributed by atoms with Crippen LogP contribution >= 0.6 is 0 Å². The molecule has 152 valence electrons. The van der Waals surface area contributed by atoms with Gasteiger partial charge in [0.15, 0.2) is 24.1 Å². The summed E-state index contributed by atoms with van der Waals surface area (Å²) in [5.74, 6) is -1.04. The van der Waals surface area contributed by atoms with E-state index in [4.69, 9.17) is 18.9 Å². The third-order valence-electron chi connectivity index (χ3n) is 4.71. The van der Waals surface area contributed by atoms with Crippen LogP contribution in [0.25, 0.3) is 0 Å². The first-order chi connectivity index (χ1) is 13.1. The smallest absolute Gasteiger partial charge is 0.387 e. The largest absolute Gasteiger partial charge is 0.432 e. The number of alkyl halides is 2. The Balaban J connectivity index is 1.47. The molecule has 1 aromatic rings. The molecule has 2 aliphatic heterocycles. The maximum Gasteiger partial charge on any atom is 0.387 e. The van der Waals surface area contributed by atoms with Crippen LogP contribution in [0.15, 0.2) is 18.2 Å². The number of benzene rings is 1. The SMILES string of the molecule is CCCC[C@H]1CO[C@H]([C@H]2CO[C@H](c3ccc(OC(F)F)c(F)c3)OC2)OC1. The molecule has 0 radical (unpaired) electrons. The quantitative estimate of drug-likeness (QED) is 0.696. The van der Waals surface area contributed by atoms with Gasteiger partial charge in [0.2, 0.25) is 0 Å². The standard InChI is InChI=1S/C19H25F3O5/c1-2-3-4-12-8-23-18(24-9-12)14-10-25-17(26-11-14)13-5-6-16(15(20)7-13)27-19(21)22/h5-7,12,14,17-19H,2-4,8-11H2,1H3/t12-,14-,17-,18-. The van der Waals surface area contributed by atoms with Gasteiger partial charge in [0.25, 0.3) is 0 Å². The van der Waals surface area contributed by atoms with E-state index in [1.54, 1.807) is 0 Å². The van der Waals surface area contributed by atoms with Crippen LogP contribution in [0.2, 0.25) is 0 Å². The summed E-state index contributed by atoms with van der Waals surface area (Å²) in [7, 11) is 0. The van der Waals surface area contributed by atoms with Crippen LogP contribution < -0.4 is 4.74 Å². The number of unbranched alkanes of at least 4 members (excludes halogenated alkanes) is 1. The van der Waals surface area contributed by atoms with Gasteiger partial charge in [-0.15, -0.1) is 0 Å². The first-order valence-corrected chi connectivity index (χ1v) is 9.27. The molecular formula is C19H25F3O5. The summed E-state index contributed by atoms with van der Waals surface area (Å²) in [4.78, 5) is 0. The van der Waals surface area contributed by atoms with Gasteiger partial charge >= 0.3 is 6.61 Å². The average Bonchev–Trinajstić information content (AvgIpc) is 2.68. The topological polar surface area (TPSA) is 46.2 Å². The molecule has 27 heavy (non-hydrogen) atoms. The number of ether oxygens (including phenoxy) is 5. The second-order valence-electron chi connectivity index (χ2n) is 6.87. The van der Waals surface area contributed by atoms with Gasteiger partial charge in [0.1, 0.15) is 0 Å². The van der Waals surface area contributed by atoms with Crippen molar-refractivity contribution in [3.05, 3.63) is 29.6 Å². The fraction of sp³-hybridized carbons (Fsp3) is 0.684. The van der Waals surface area contributed by atoms with Crippen molar-refractivity contribution in [2.75, 3.05) is 26.4 Å². The van der Waals surface area contributed by atoms with Gasteiger partial charge in [-0.05, 0) is 18.6 Å². The van der Waals surface area contributed by atoms with Crippen LogP contribution in [0.5, 0.6) is 5.75 Å². The van der Waals surface area contributed by atoms with Crippen LogP contribution in [0, 0.1) is 17.7 Å². The molecule has 0 saturated carbocycles. The third kappa shape index (κ3) is 5.57. The van der Waals surface area contributed by atoms with Crippen LogP contribution in [-0.4, -0.2) is 39.3 Å². The fourth-order valence-corrected chi connectivity index (χ4v) is 3.21.